The number of methoxy groups -OCH3 is 1. The Balaban J connectivity index is 1.60. The monoisotopic (exact) mass is 598 g/mol. The van der Waals surface area contributed by atoms with Crippen LogP contribution >= 0.6 is 0 Å². The van der Waals surface area contributed by atoms with E-state index in [2.05, 4.69) is 37.3 Å². The maximum atomic E-state index is 14.1. The number of sulfone groups is 1. The lowest BCUT2D eigenvalue weighted by Crippen LogP contribution is -2.46. The van der Waals surface area contributed by atoms with E-state index in [-0.39, 0.29) is 29.3 Å². The molecule has 232 valence electrons. The zero-order valence-electron chi connectivity index (χ0n) is 26.1. The van der Waals surface area contributed by atoms with Crippen LogP contribution in [0.1, 0.15) is 85.5 Å². The zero-order valence-corrected chi connectivity index (χ0v) is 26.9. The Morgan fingerprint density at radius 3 is 2.48 bits per heavy atom. The molecular weight excluding hydrogens is 548 g/mol. The number of carbonyl (C=O) groups excluding carboxylic acids is 1. The summed E-state index contributed by atoms with van der Waals surface area (Å²) in [6, 6.07) is 8.66. The number of rotatable bonds is 9. The first kappa shape index (κ1) is 32.5. The molecule has 0 spiro atoms. The number of hydrogen-bond donors (Lipinski definition) is 1. The highest BCUT2D eigenvalue weighted by molar-refractivity contribution is 7.92. The molecule has 7 heteroatoms. The van der Waals surface area contributed by atoms with Gasteiger partial charge in [-0.1, -0.05) is 70.2 Å². The fourth-order valence-electron chi connectivity index (χ4n) is 8.31. The molecule has 42 heavy (non-hydrogen) atoms. The highest BCUT2D eigenvalue weighted by atomic mass is 32.2. The van der Waals surface area contributed by atoms with Crippen molar-refractivity contribution < 1.29 is 27.8 Å². The fourth-order valence-corrected chi connectivity index (χ4v) is 10.4. The lowest BCUT2D eigenvalue weighted by Gasteiger charge is -2.46. The van der Waals surface area contributed by atoms with Crippen molar-refractivity contribution in [2.45, 2.75) is 108 Å². The second-order valence-corrected chi connectivity index (χ2v) is 15.5. The van der Waals surface area contributed by atoms with Gasteiger partial charge in [0.15, 0.2) is 9.84 Å². The van der Waals surface area contributed by atoms with Crippen LogP contribution in [0.25, 0.3) is 0 Å². The first-order chi connectivity index (χ1) is 19.9. The minimum atomic E-state index is -3.74. The summed E-state index contributed by atoms with van der Waals surface area (Å²) in [4.78, 5) is 12.0. The van der Waals surface area contributed by atoms with Gasteiger partial charge in [-0.2, -0.15) is 0 Å². The highest BCUT2D eigenvalue weighted by Gasteiger charge is 2.54. The molecule has 3 aliphatic carbocycles. The molecule has 3 saturated carbocycles. The summed E-state index contributed by atoms with van der Waals surface area (Å²) in [5, 5.41) is 10.6. The van der Waals surface area contributed by atoms with Crippen LogP contribution in [0, 0.1) is 29.1 Å². The van der Waals surface area contributed by atoms with Crippen LogP contribution in [0.4, 0.5) is 4.79 Å². The maximum absolute atomic E-state index is 14.1. The molecule has 0 aromatic heterocycles. The molecule has 3 aliphatic rings. The van der Waals surface area contributed by atoms with Crippen molar-refractivity contribution in [2.24, 2.45) is 29.1 Å². The predicted molar refractivity (Wildman–Crippen MR) is 167 cm³/mol. The molecule has 1 aromatic rings. The van der Waals surface area contributed by atoms with Crippen molar-refractivity contribution in [3.8, 4) is 0 Å². The Hall–Kier alpha value is -2.38. The largest absolute Gasteiger partial charge is 0.508 e. The van der Waals surface area contributed by atoms with Crippen molar-refractivity contribution in [1.82, 2.24) is 0 Å². The van der Waals surface area contributed by atoms with Crippen LogP contribution in [0.15, 0.2) is 70.7 Å². The van der Waals surface area contributed by atoms with Gasteiger partial charge in [0.2, 0.25) is 0 Å². The van der Waals surface area contributed by atoms with E-state index in [4.69, 9.17) is 4.74 Å². The van der Waals surface area contributed by atoms with Gasteiger partial charge < -0.3 is 14.6 Å². The second kappa shape index (κ2) is 13.5. The summed E-state index contributed by atoms with van der Waals surface area (Å²) in [7, 11) is -2.42. The van der Waals surface area contributed by atoms with Crippen LogP contribution in [0.5, 0.6) is 0 Å². The number of benzene rings is 1. The van der Waals surface area contributed by atoms with Gasteiger partial charge in [0.25, 0.3) is 0 Å². The number of aliphatic hydroxyl groups excluding tert-OH is 1. The first-order valence-corrected chi connectivity index (χ1v) is 17.2. The van der Waals surface area contributed by atoms with Crippen molar-refractivity contribution in [2.75, 3.05) is 7.11 Å². The number of allylic oxidation sites excluding steroid dienone is 3. The molecule has 0 heterocycles. The van der Waals surface area contributed by atoms with Gasteiger partial charge >= 0.3 is 6.16 Å². The number of carbonyl (C=O) groups is 1. The highest BCUT2D eigenvalue weighted by Crippen LogP contribution is 2.60. The van der Waals surface area contributed by atoms with Gasteiger partial charge in [0.05, 0.1) is 23.4 Å². The van der Waals surface area contributed by atoms with E-state index in [1.165, 1.54) is 12.7 Å². The van der Waals surface area contributed by atoms with E-state index in [1.54, 1.807) is 24.3 Å². The summed E-state index contributed by atoms with van der Waals surface area (Å²) >= 11 is 0. The summed E-state index contributed by atoms with van der Waals surface area (Å²) < 4.78 is 38.3. The minimum Gasteiger partial charge on any atom is -0.438 e. The quantitative estimate of drug-likeness (QED) is 0.291. The van der Waals surface area contributed by atoms with Crippen molar-refractivity contribution >= 4 is 16.0 Å². The van der Waals surface area contributed by atoms with Crippen molar-refractivity contribution in [3.05, 3.63) is 65.8 Å². The molecule has 1 aromatic carbocycles. The van der Waals surface area contributed by atoms with Gasteiger partial charge in [-0.25, -0.2) is 13.2 Å². The molecule has 0 aliphatic heterocycles. The molecule has 0 radical (unpaired) electrons. The number of fused-ring (bicyclic) bond motifs is 1. The van der Waals surface area contributed by atoms with E-state index in [9.17, 15) is 18.3 Å². The van der Waals surface area contributed by atoms with Crippen LogP contribution in [0.2, 0.25) is 0 Å². The van der Waals surface area contributed by atoms with Crippen LogP contribution in [-0.2, 0) is 19.3 Å². The summed E-state index contributed by atoms with van der Waals surface area (Å²) in [5.41, 5.74) is 3.33. The third-order valence-corrected chi connectivity index (χ3v) is 12.7. The first-order valence-electron chi connectivity index (χ1n) is 15.7. The summed E-state index contributed by atoms with van der Waals surface area (Å²) in [5.74, 6) is 0.562. The number of aliphatic hydroxyl groups is 1. The van der Waals surface area contributed by atoms with E-state index in [1.807, 2.05) is 19.9 Å². The minimum absolute atomic E-state index is 0.0376. The normalized spacial score (nSPS) is 30.6. The van der Waals surface area contributed by atoms with Gasteiger partial charge in [-0.15, -0.1) is 0 Å². The van der Waals surface area contributed by atoms with Gasteiger partial charge in [0, 0.05) is 0 Å². The molecule has 3 unspecified atom stereocenters. The topological polar surface area (TPSA) is 89.9 Å². The molecule has 4 rings (SSSR count). The SMILES string of the molecule is C=C1/C(=C\C=C2/CCC[C@]3(C)[C@@H]([C@H](C)C(C(O)CC(C)C)S(=O)(=O)c4ccccc4)CC[C@@H]23)CCCC1OC(=O)OC. The molecule has 0 saturated heterocycles. The van der Waals surface area contributed by atoms with Crippen molar-refractivity contribution in [3.63, 3.8) is 0 Å². The van der Waals surface area contributed by atoms with Crippen LogP contribution < -0.4 is 0 Å². The van der Waals surface area contributed by atoms with Gasteiger partial charge in [0.1, 0.15) is 6.10 Å². The second-order valence-electron chi connectivity index (χ2n) is 13.4. The Bertz CT molecular complexity index is 1280. The molecule has 3 fully saturated rings. The van der Waals surface area contributed by atoms with Crippen LogP contribution in [0.3, 0.4) is 0 Å². The lowest BCUT2D eigenvalue weighted by molar-refractivity contribution is 0.0442. The lowest BCUT2D eigenvalue weighted by atomic mass is 9.60. The van der Waals surface area contributed by atoms with E-state index in [0.29, 0.717) is 17.2 Å². The summed E-state index contributed by atoms with van der Waals surface area (Å²) in [6.45, 7) is 12.7. The maximum Gasteiger partial charge on any atom is 0.508 e. The average molecular weight is 599 g/mol. The van der Waals surface area contributed by atoms with Crippen molar-refractivity contribution in [1.29, 1.82) is 0 Å². The molecule has 7 atom stereocenters. The third-order valence-electron chi connectivity index (χ3n) is 10.3. The average Bonchev–Trinajstić information content (AvgIpc) is 3.31. The smallest absolute Gasteiger partial charge is 0.438 e. The molecule has 6 nitrogen and oxygen atoms in total. The Morgan fingerprint density at radius 1 is 1.10 bits per heavy atom. The zero-order chi connectivity index (χ0) is 30.7. The van der Waals surface area contributed by atoms with E-state index >= 15 is 0 Å². The van der Waals surface area contributed by atoms with E-state index in [0.717, 1.165) is 62.5 Å². The summed E-state index contributed by atoms with van der Waals surface area (Å²) in [6.07, 6.45) is 10.6. The predicted octanol–water partition coefficient (Wildman–Crippen LogP) is 7.83. The number of ether oxygens (including phenoxy) is 2. The van der Waals surface area contributed by atoms with Gasteiger partial charge in [-0.05, 0) is 110 Å². The Labute approximate surface area is 253 Å². The fraction of sp³-hybridized carbons (Fsp3) is 0.629. The van der Waals surface area contributed by atoms with Crippen LogP contribution in [-0.4, -0.2) is 44.2 Å². The van der Waals surface area contributed by atoms with E-state index < -0.39 is 27.3 Å². The molecule has 1 N–H and O–H groups in total. The Morgan fingerprint density at radius 2 is 1.81 bits per heavy atom. The van der Waals surface area contributed by atoms with Gasteiger partial charge in [-0.3, -0.25) is 0 Å². The third kappa shape index (κ3) is 6.72. The molecule has 0 amide bonds. The number of hydrogen-bond acceptors (Lipinski definition) is 6. The molecular formula is C35H50O6S. The standard InChI is InChI=1S/C35H50O6S/c1-23(2)22-31(36)33(42(38,39)28-14-8-7-9-15-28)25(4)29-19-20-30-27(13-11-21-35(29,30)5)18-17-26-12-10-16-32(24(26)3)41-34(37)40-6/h7-9,14-15,17-18,23,25,29-33,36H,3,10-13,16,19-22H2,1-2,4-6H3/b26-17-,27-18+/t25-,29+,30-,31?,32?,33?,35+/m0/s1. The molecule has 0 bridgehead atoms. The Kier molecular flexibility index (Phi) is 10.5.